The van der Waals surface area contributed by atoms with E-state index >= 15 is 0 Å². The molecule has 1 aliphatic rings. The highest BCUT2D eigenvalue weighted by molar-refractivity contribution is 7.13. The number of carbonyl (C=O) groups excluding carboxylic acids is 1. The first-order valence-electron chi connectivity index (χ1n) is 7.56. The lowest BCUT2D eigenvalue weighted by Gasteiger charge is -2.34. The molecule has 6 nitrogen and oxygen atoms in total. The molecule has 0 radical (unpaired) electrons. The van der Waals surface area contributed by atoms with Gasteiger partial charge in [0.05, 0.1) is 5.69 Å². The van der Waals surface area contributed by atoms with Crippen molar-refractivity contribution in [3.05, 3.63) is 28.5 Å². The van der Waals surface area contributed by atoms with Gasteiger partial charge in [-0.1, -0.05) is 13.8 Å². The van der Waals surface area contributed by atoms with Crippen LogP contribution in [0.2, 0.25) is 0 Å². The Morgan fingerprint density at radius 3 is 2.59 bits per heavy atom. The number of aromatic nitrogens is 3. The Morgan fingerprint density at radius 1 is 1.32 bits per heavy atom. The molecular weight excluding hydrogens is 298 g/mol. The first-order valence-corrected chi connectivity index (χ1v) is 8.44. The maximum absolute atomic E-state index is 12.5. The molecule has 1 aliphatic heterocycles. The Morgan fingerprint density at radius 2 is 2.05 bits per heavy atom. The molecule has 7 heteroatoms. The van der Waals surface area contributed by atoms with Crippen molar-refractivity contribution in [3.8, 4) is 0 Å². The number of thiazole rings is 1. The molecular formula is C15H21N5OS. The fourth-order valence-electron chi connectivity index (χ4n) is 2.49. The predicted octanol–water partition coefficient (Wildman–Crippen LogP) is 2.26. The molecule has 3 heterocycles. The van der Waals surface area contributed by atoms with Gasteiger partial charge in [-0.3, -0.25) is 9.89 Å². The van der Waals surface area contributed by atoms with E-state index in [0.717, 1.165) is 29.6 Å². The lowest BCUT2D eigenvalue weighted by Crippen LogP contribution is -2.48. The van der Waals surface area contributed by atoms with Gasteiger partial charge in [-0.05, 0) is 18.9 Å². The lowest BCUT2D eigenvalue weighted by molar-refractivity contribution is 0.0741. The standard InChI is InChI=1S/C15H21N5OS/c1-10(2)12-8-13(18-17-12)14(21)19-4-6-20(7-5-19)15-16-11(3)9-22-15/h8-10H,4-7H2,1-3H3,(H,17,18). The summed E-state index contributed by atoms with van der Waals surface area (Å²) in [5.41, 5.74) is 2.57. The maximum Gasteiger partial charge on any atom is 0.274 e. The highest BCUT2D eigenvalue weighted by Gasteiger charge is 2.25. The number of rotatable bonds is 3. The minimum absolute atomic E-state index is 0.0121. The molecule has 0 spiro atoms. The van der Waals surface area contributed by atoms with Crippen molar-refractivity contribution in [2.45, 2.75) is 26.7 Å². The van der Waals surface area contributed by atoms with Gasteiger partial charge in [0.1, 0.15) is 5.69 Å². The number of nitrogens with one attached hydrogen (secondary N) is 1. The van der Waals surface area contributed by atoms with Crippen LogP contribution in [0.3, 0.4) is 0 Å². The minimum Gasteiger partial charge on any atom is -0.345 e. The number of hydrogen-bond acceptors (Lipinski definition) is 5. The molecule has 0 saturated carbocycles. The van der Waals surface area contributed by atoms with Crippen LogP contribution in [0.25, 0.3) is 0 Å². The van der Waals surface area contributed by atoms with Crippen LogP contribution in [0.4, 0.5) is 5.13 Å². The highest BCUT2D eigenvalue weighted by atomic mass is 32.1. The third kappa shape index (κ3) is 2.99. The number of aryl methyl sites for hydroxylation is 1. The molecule has 1 saturated heterocycles. The fraction of sp³-hybridized carbons (Fsp3) is 0.533. The van der Waals surface area contributed by atoms with Crippen LogP contribution in [-0.2, 0) is 0 Å². The van der Waals surface area contributed by atoms with Crippen LogP contribution < -0.4 is 4.90 Å². The number of anilines is 1. The number of piperazine rings is 1. The summed E-state index contributed by atoms with van der Waals surface area (Å²) >= 11 is 1.66. The van der Waals surface area contributed by atoms with Gasteiger partial charge < -0.3 is 9.80 Å². The van der Waals surface area contributed by atoms with E-state index < -0.39 is 0 Å². The van der Waals surface area contributed by atoms with E-state index in [9.17, 15) is 4.79 Å². The van der Waals surface area contributed by atoms with Gasteiger partial charge >= 0.3 is 0 Å². The Hall–Kier alpha value is -1.89. The van der Waals surface area contributed by atoms with Gasteiger partial charge in [0.15, 0.2) is 5.13 Å². The molecule has 1 amide bonds. The maximum atomic E-state index is 12.5. The van der Waals surface area contributed by atoms with Crippen LogP contribution in [0, 0.1) is 6.92 Å². The van der Waals surface area contributed by atoms with E-state index in [-0.39, 0.29) is 5.91 Å². The summed E-state index contributed by atoms with van der Waals surface area (Å²) in [6.07, 6.45) is 0. The van der Waals surface area contributed by atoms with Gasteiger partial charge in [-0.2, -0.15) is 5.10 Å². The minimum atomic E-state index is 0.0121. The number of aromatic amines is 1. The van der Waals surface area contributed by atoms with Crippen molar-refractivity contribution < 1.29 is 4.79 Å². The zero-order chi connectivity index (χ0) is 15.7. The predicted molar refractivity (Wildman–Crippen MR) is 87.6 cm³/mol. The third-order valence-electron chi connectivity index (χ3n) is 3.88. The summed E-state index contributed by atoms with van der Waals surface area (Å²) in [7, 11) is 0. The lowest BCUT2D eigenvalue weighted by atomic mass is 10.1. The summed E-state index contributed by atoms with van der Waals surface area (Å²) in [4.78, 5) is 21.1. The van der Waals surface area contributed by atoms with Crippen LogP contribution in [0.1, 0.15) is 41.6 Å². The van der Waals surface area contributed by atoms with Crippen molar-refractivity contribution in [3.63, 3.8) is 0 Å². The molecule has 1 N–H and O–H groups in total. The van der Waals surface area contributed by atoms with Gasteiger partial charge in [0.25, 0.3) is 5.91 Å². The van der Waals surface area contributed by atoms with E-state index in [1.165, 1.54) is 0 Å². The van der Waals surface area contributed by atoms with Gasteiger partial charge in [0.2, 0.25) is 0 Å². The summed E-state index contributed by atoms with van der Waals surface area (Å²) < 4.78 is 0. The monoisotopic (exact) mass is 319 g/mol. The highest BCUT2D eigenvalue weighted by Crippen LogP contribution is 2.22. The quantitative estimate of drug-likeness (QED) is 0.942. The molecule has 118 valence electrons. The van der Waals surface area contributed by atoms with Crippen molar-refractivity contribution in [1.82, 2.24) is 20.1 Å². The zero-order valence-corrected chi connectivity index (χ0v) is 14.0. The molecule has 2 aromatic rings. The van der Waals surface area contributed by atoms with Crippen LogP contribution in [-0.4, -0.2) is 52.2 Å². The van der Waals surface area contributed by atoms with Crippen molar-refractivity contribution >= 4 is 22.4 Å². The topological polar surface area (TPSA) is 65.1 Å². The van der Waals surface area contributed by atoms with Crippen molar-refractivity contribution in [2.75, 3.05) is 31.1 Å². The van der Waals surface area contributed by atoms with Crippen LogP contribution in [0.5, 0.6) is 0 Å². The summed E-state index contributed by atoms with van der Waals surface area (Å²) in [5.74, 6) is 0.358. The van der Waals surface area contributed by atoms with E-state index in [4.69, 9.17) is 0 Å². The van der Waals surface area contributed by atoms with Crippen molar-refractivity contribution in [1.29, 1.82) is 0 Å². The molecule has 3 rings (SSSR count). The van der Waals surface area contributed by atoms with Gasteiger partial charge in [-0.25, -0.2) is 4.98 Å². The molecule has 22 heavy (non-hydrogen) atoms. The SMILES string of the molecule is Cc1csc(N2CCN(C(=O)c3cc(C(C)C)[nH]n3)CC2)n1. The fourth-order valence-corrected chi connectivity index (χ4v) is 3.35. The number of hydrogen-bond donors (Lipinski definition) is 1. The van der Waals surface area contributed by atoms with Gasteiger partial charge in [0, 0.05) is 37.3 Å². The van der Waals surface area contributed by atoms with E-state index in [1.807, 2.05) is 17.9 Å². The van der Waals surface area contributed by atoms with E-state index in [2.05, 4.69) is 39.3 Å². The van der Waals surface area contributed by atoms with E-state index in [1.54, 1.807) is 11.3 Å². The number of amides is 1. The molecule has 2 aromatic heterocycles. The second kappa shape index (κ2) is 6.08. The largest absolute Gasteiger partial charge is 0.345 e. The Balaban J connectivity index is 1.61. The molecule has 0 unspecified atom stereocenters. The summed E-state index contributed by atoms with van der Waals surface area (Å²) in [5, 5.41) is 10.2. The van der Waals surface area contributed by atoms with Crippen molar-refractivity contribution in [2.24, 2.45) is 0 Å². The first-order chi connectivity index (χ1) is 10.5. The second-order valence-corrected chi connectivity index (χ2v) is 6.75. The molecule has 0 bridgehead atoms. The van der Waals surface area contributed by atoms with E-state index in [0.29, 0.717) is 24.7 Å². The number of H-pyrrole nitrogens is 1. The summed E-state index contributed by atoms with van der Waals surface area (Å²) in [6.45, 7) is 9.22. The average Bonchev–Trinajstić information content (AvgIpc) is 3.16. The van der Waals surface area contributed by atoms with Crippen LogP contribution in [0.15, 0.2) is 11.4 Å². The van der Waals surface area contributed by atoms with Gasteiger partial charge in [-0.15, -0.1) is 11.3 Å². The normalized spacial score (nSPS) is 15.6. The molecule has 0 atom stereocenters. The Kier molecular flexibility index (Phi) is 4.15. The first kappa shape index (κ1) is 15.0. The Bertz CT molecular complexity index is 654. The molecule has 1 fully saturated rings. The number of carbonyl (C=O) groups is 1. The zero-order valence-electron chi connectivity index (χ0n) is 13.2. The average molecular weight is 319 g/mol. The second-order valence-electron chi connectivity index (χ2n) is 5.91. The third-order valence-corrected chi connectivity index (χ3v) is 4.90. The smallest absolute Gasteiger partial charge is 0.274 e. The summed E-state index contributed by atoms with van der Waals surface area (Å²) in [6, 6.07) is 1.86. The number of nitrogens with zero attached hydrogens (tertiary/aromatic N) is 4. The molecule has 0 aliphatic carbocycles. The molecule has 0 aromatic carbocycles. The Labute approximate surface area is 134 Å². The van der Waals surface area contributed by atoms with Crippen LogP contribution >= 0.6 is 11.3 Å².